The molecule has 21 rings (SSSR count). The predicted molar refractivity (Wildman–Crippen MR) is 439 cm³/mol. The maximum Gasteiger partial charge on any atom is 0.568 e. The van der Waals surface area contributed by atoms with Crippen LogP contribution in [-0.4, -0.2) is 199 Å². The van der Waals surface area contributed by atoms with E-state index in [1.807, 2.05) is 82.6 Å². The van der Waals surface area contributed by atoms with E-state index in [2.05, 4.69) is 10.6 Å². The first kappa shape index (κ1) is 76.8. The first-order valence-electron chi connectivity index (χ1n) is 37.0. The number of nitrogens with zero attached hydrogens (tertiary/aromatic N) is 17. The molecule has 1 saturated heterocycles. The highest BCUT2D eigenvalue weighted by molar-refractivity contribution is 8.01. The summed E-state index contributed by atoms with van der Waals surface area (Å²) in [4.78, 5) is 134. The van der Waals surface area contributed by atoms with E-state index in [9.17, 15) is 73.1 Å². The molecular weight excluding hydrogens is 1670 g/mol. The number of carbonyl (C=O) groups excluding carboxylic acids is 3. The molecule has 4 aromatic carbocycles. The van der Waals surface area contributed by atoms with Crippen LogP contribution in [0.4, 0.5) is 11.6 Å². The van der Waals surface area contributed by atoms with E-state index < -0.39 is 108 Å². The van der Waals surface area contributed by atoms with Gasteiger partial charge in [-0.2, -0.15) is 25.3 Å². The van der Waals surface area contributed by atoms with Crippen molar-refractivity contribution in [1.29, 1.82) is 0 Å². The topological polar surface area (TPSA) is 484 Å². The van der Waals surface area contributed by atoms with Gasteiger partial charge in [-0.1, -0.05) is 24.3 Å². The lowest BCUT2D eigenvalue weighted by molar-refractivity contribution is -0.150. The summed E-state index contributed by atoms with van der Waals surface area (Å²) in [6.45, 7) is 0.605. The van der Waals surface area contributed by atoms with Gasteiger partial charge in [-0.15, -0.1) is 23.5 Å². The molecule has 0 aliphatic carbocycles. The standard InChI is InChI=1S/C80H57N19O16S5.Al/c100-65(29-81-76(101)38-21-45-34-97-30-41-5-1-9-59(82-41)61-11-3-7-43(84-61)32-98(35-46-22-39(79(103)104)24-64(87-46)63(23-38)86-45)33-44-8-4-12-62(85-44)60-10-2-6-42(31-97)83-60)88-66-77(102)99-67(80(105)106)40(37-117-78(66)99)36-116-47-13-17-51-55(25-47)72-89-68(51)91-73-57-27-49(119(110,111)112)15-19-53(57)70(93-73)95-75-58-28-50(120(113,114)115)16-20-54(58)71(96-75)94-74-56-26-48(118(107,108)109)14-18-52(56)69(90-72)92-74;/h1-28,66,78H,29-37H2,(H9,81,82,83,84,85,86,87,88,89,90,91,92,93,94,95,96,100,101,103,104,105,106,107,108,109,110,111,112,113,114,115);/q;+2/p-2. The number of hydrogen-bond donors (Lipinski definition) is 7. The molecular formula is C80H55AlN19O16S5. The van der Waals surface area contributed by atoms with Crippen LogP contribution in [0.2, 0.25) is 0 Å². The summed E-state index contributed by atoms with van der Waals surface area (Å²) in [6.07, 6.45) is 0. The highest BCUT2D eigenvalue weighted by Crippen LogP contribution is 2.45. The van der Waals surface area contributed by atoms with Crippen LogP contribution >= 0.6 is 23.5 Å². The molecule has 1 fully saturated rings. The summed E-state index contributed by atoms with van der Waals surface area (Å²) in [5, 5.41) is 26.9. The molecule has 9 aliphatic rings. The third-order valence-corrected chi connectivity index (χ3v) is 27.6. The molecule has 2 unspecified atom stereocenters. The number of aromatic carboxylic acids is 1. The quantitative estimate of drug-likeness (QED) is 0.0294. The van der Waals surface area contributed by atoms with Crippen molar-refractivity contribution >= 4 is 156 Å². The monoisotopic (exact) mass is 1720 g/mol. The molecule has 17 heterocycles. The number of fused-ring (bicyclic) bond motifs is 15. The second kappa shape index (κ2) is 29.2. The number of aliphatic imine (C=N–C) groups is 4. The molecule has 0 spiro atoms. The zero-order valence-electron chi connectivity index (χ0n) is 62.1. The lowest BCUT2D eigenvalue weighted by Gasteiger charge is -2.49. The van der Waals surface area contributed by atoms with Gasteiger partial charge < -0.3 is 27.9 Å². The van der Waals surface area contributed by atoms with E-state index in [4.69, 9.17) is 59.9 Å². The van der Waals surface area contributed by atoms with Crippen molar-refractivity contribution in [2.75, 3.05) is 18.1 Å². The average Bonchev–Trinajstić information content (AvgIpc) is 1.60. The van der Waals surface area contributed by atoms with Crippen LogP contribution < -0.4 is 21.6 Å². The van der Waals surface area contributed by atoms with Crippen molar-refractivity contribution in [2.45, 2.75) is 70.3 Å². The van der Waals surface area contributed by atoms with Crippen LogP contribution in [0.5, 0.6) is 0 Å². The predicted octanol–water partition coefficient (Wildman–Crippen LogP) is 6.57. The van der Waals surface area contributed by atoms with Gasteiger partial charge in [-0.3, -0.25) is 42.7 Å². The van der Waals surface area contributed by atoms with Crippen molar-refractivity contribution in [3.63, 3.8) is 0 Å². The van der Waals surface area contributed by atoms with Crippen molar-refractivity contribution in [2.24, 2.45) is 30.0 Å². The largest absolute Gasteiger partial charge is 0.568 e. The van der Waals surface area contributed by atoms with Crippen molar-refractivity contribution in [3.05, 3.63) is 260 Å². The number of rotatable bonds is 12. The zero-order chi connectivity index (χ0) is 83.4. The first-order valence-corrected chi connectivity index (χ1v) is 44.3. The Kier molecular flexibility index (Phi) is 18.5. The van der Waals surface area contributed by atoms with Gasteiger partial charge in [0, 0.05) is 105 Å². The number of amidine groups is 4. The highest BCUT2D eigenvalue weighted by atomic mass is 32.2. The fourth-order valence-electron chi connectivity index (χ4n) is 15.7. The molecule has 35 nitrogen and oxygen atoms in total. The van der Waals surface area contributed by atoms with E-state index in [0.29, 0.717) is 78.5 Å². The Hall–Kier alpha value is -12.9. The van der Waals surface area contributed by atoms with E-state index in [1.165, 1.54) is 78.1 Å². The normalized spacial score (nSPS) is 18.0. The molecule has 599 valence electrons. The zero-order valence-corrected chi connectivity index (χ0v) is 67.4. The van der Waals surface area contributed by atoms with Gasteiger partial charge in [0.1, 0.15) is 39.7 Å². The molecule has 7 N–H and O–H groups in total. The van der Waals surface area contributed by atoms with Crippen molar-refractivity contribution in [1.82, 2.24) is 62.3 Å². The summed E-state index contributed by atoms with van der Waals surface area (Å²) in [5.74, 6) is -4.63. The Labute approximate surface area is 698 Å². The minimum atomic E-state index is -4.87. The van der Waals surface area contributed by atoms with Gasteiger partial charge in [0.15, 0.2) is 23.3 Å². The smallest absolute Gasteiger partial charge is 0.478 e. The Balaban J connectivity index is 0.589. The fourth-order valence-corrected chi connectivity index (χ4v) is 21.1. The summed E-state index contributed by atoms with van der Waals surface area (Å²) in [7, 11) is -14.5. The molecule has 20 bridgehead atoms. The minimum Gasteiger partial charge on any atom is -0.478 e. The molecule has 9 aliphatic heterocycles. The van der Waals surface area contributed by atoms with Gasteiger partial charge in [0.05, 0.1) is 95.1 Å². The van der Waals surface area contributed by atoms with Crippen LogP contribution in [-0.2, 0) is 84.0 Å². The number of aromatic nitrogens is 8. The second-order valence-electron chi connectivity index (χ2n) is 29.2. The van der Waals surface area contributed by atoms with Crippen LogP contribution in [0.15, 0.2) is 231 Å². The fraction of sp³-hybridized carbons (Fsp3) is 0.138. The minimum absolute atomic E-state index is 0.0218. The molecule has 2 atom stereocenters. The number of aliphatic carboxylic acids is 1. The molecule has 121 heavy (non-hydrogen) atoms. The Morgan fingerprint density at radius 3 is 1.49 bits per heavy atom. The summed E-state index contributed by atoms with van der Waals surface area (Å²) < 4.78 is 111. The van der Waals surface area contributed by atoms with Crippen LogP contribution in [0.3, 0.4) is 0 Å². The number of β-lactam (4-membered cyclic amide) rings is 1. The van der Waals surface area contributed by atoms with Gasteiger partial charge in [0.25, 0.3) is 42.2 Å². The Morgan fingerprint density at radius 1 is 0.463 bits per heavy atom. The van der Waals surface area contributed by atoms with E-state index in [1.54, 1.807) is 31.4 Å². The first-order chi connectivity index (χ1) is 58.1. The number of carboxylic acid groups (broad SMARTS) is 2. The highest BCUT2D eigenvalue weighted by Gasteiger charge is 2.54. The molecule has 8 aromatic heterocycles. The van der Waals surface area contributed by atoms with Crippen LogP contribution in [0.1, 0.15) is 77.1 Å². The number of nitrogens with one attached hydrogen (secondary N) is 2. The summed E-state index contributed by atoms with van der Waals surface area (Å²) >= 11 is 0.936. The van der Waals surface area contributed by atoms with Crippen molar-refractivity contribution in [3.8, 4) is 34.2 Å². The molecule has 12 aromatic rings. The molecule has 1 radical (unpaired) electrons. The van der Waals surface area contributed by atoms with Crippen LogP contribution in [0, 0.1) is 0 Å². The van der Waals surface area contributed by atoms with Gasteiger partial charge in [0.2, 0.25) is 5.91 Å². The summed E-state index contributed by atoms with van der Waals surface area (Å²) in [5.41, 5.74) is 7.62. The average molecular weight is 1730 g/mol. The van der Waals surface area contributed by atoms with Gasteiger partial charge >= 0.3 is 27.6 Å². The van der Waals surface area contributed by atoms with E-state index in [-0.39, 0.29) is 158 Å². The maximum absolute atomic E-state index is 14.7. The van der Waals surface area contributed by atoms with E-state index in [0.717, 1.165) is 23.1 Å². The SMILES string of the molecule is O=C(CNC(=O)c1cc2nc(c1)-c1cc(C(=O)O)cc(n1)CN1Cc3cccc(n3)-c3cccc(n3)CN(Cc3cccc(n3)-c3cccc(n3)C1)C2)NC1C(=O)N2C(C(=O)O)=C(CSc3ccc4c(c3)C3=NC4=Nc4c5cc(S(=O)(=O)O)ccc5c5[n]4[Al][n]4c(c6ccc(S(=O)(=O)O)cc6c4=NC4=NC(=N5)c5cc(S(=O)(=O)O)ccc54)=N3)CSC12. The number of carboxylic acids is 2. The number of hydrogen-bond acceptors (Lipinski definition) is 27. The van der Waals surface area contributed by atoms with Gasteiger partial charge in [-0.05, 0) is 151 Å². The lowest BCUT2D eigenvalue weighted by Crippen LogP contribution is -2.71. The third kappa shape index (κ3) is 14.3. The van der Waals surface area contributed by atoms with E-state index >= 15 is 0 Å². The lowest BCUT2D eigenvalue weighted by atomic mass is 10.0. The number of pyridine rings is 6. The van der Waals surface area contributed by atoms with Gasteiger partial charge in [-0.25, -0.2) is 69.4 Å². The maximum atomic E-state index is 14.7. The Bertz CT molecular complexity index is 7350. The summed E-state index contributed by atoms with van der Waals surface area (Å²) in [6, 6.07) is 43.8. The number of thioether (sulfide) groups is 2. The number of benzene rings is 4. The molecule has 3 amide bonds. The molecule has 41 heteroatoms. The number of carbonyl (C=O) groups is 5. The van der Waals surface area contributed by atoms with Crippen molar-refractivity contribution < 1.29 is 73.1 Å². The third-order valence-electron chi connectivity index (χ3n) is 21.2. The number of amides is 3. The van der Waals surface area contributed by atoms with Crippen LogP contribution in [0.25, 0.3) is 55.7 Å². The molecule has 0 saturated carbocycles. The Morgan fingerprint density at radius 2 is 0.926 bits per heavy atom. The second-order valence-corrected chi connectivity index (χ2v) is 36.9.